The van der Waals surface area contributed by atoms with E-state index < -0.39 is 17.7 Å². The minimum absolute atomic E-state index is 0.227. The number of aromatic amines is 1. The van der Waals surface area contributed by atoms with Crippen molar-refractivity contribution >= 4 is 17.9 Å². The van der Waals surface area contributed by atoms with Crippen molar-refractivity contribution in [2.45, 2.75) is 33.9 Å². The van der Waals surface area contributed by atoms with E-state index in [1.807, 2.05) is 13.8 Å². The van der Waals surface area contributed by atoms with Crippen LogP contribution in [-0.4, -0.2) is 15.8 Å². The highest BCUT2D eigenvalue weighted by atomic mass is 19.4. The molecule has 0 atom stereocenters. The molecule has 2 heterocycles. The zero-order valence-electron chi connectivity index (χ0n) is 13.5. The van der Waals surface area contributed by atoms with Gasteiger partial charge in [0.1, 0.15) is 11.4 Å². The first-order valence-electron chi connectivity index (χ1n) is 7.27. The number of nitrogens with one attached hydrogen (secondary N) is 1. The zero-order chi connectivity index (χ0) is 17.6. The molecule has 2 rings (SSSR count). The van der Waals surface area contributed by atoms with Crippen molar-refractivity contribution in [3.05, 3.63) is 51.9 Å². The van der Waals surface area contributed by atoms with Crippen molar-refractivity contribution in [3.8, 4) is 0 Å². The lowest BCUT2D eigenvalue weighted by Crippen LogP contribution is -2.27. The van der Waals surface area contributed by atoms with Gasteiger partial charge in [0, 0.05) is 22.3 Å². The molecule has 0 aromatic carbocycles. The highest BCUT2D eigenvalue weighted by Crippen LogP contribution is 2.27. The van der Waals surface area contributed by atoms with Crippen molar-refractivity contribution in [3.63, 3.8) is 0 Å². The van der Waals surface area contributed by atoms with Crippen LogP contribution in [0.5, 0.6) is 0 Å². The molecule has 1 N–H and O–H groups in total. The number of carbonyl (C=O) groups is 1. The normalized spacial score (nSPS) is 12.8. The van der Waals surface area contributed by atoms with E-state index in [4.69, 9.17) is 0 Å². The Kier molecular flexibility index (Phi) is 6.30. The monoisotopic (exact) mass is 324 g/mol. The molecule has 0 unspecified atom stereocenters. The molecule has 3 nitrogen and oxygen atoms in total. The molecule has 23 heavy (non-hydrogen) atoms. The van der Waals surface area contributed by atoms with Gasteiger partial charge in [-0.1, -0.05) is 32.1 Å². The molecule has 0 aliphatic carbocycles. The molecule has 0 radical (unpaired) electrons. The number of halogens is 3. The first-order chi connectivity index (χ1) is 10.9. The summed E-state index contributed by atoms with van der Waals surface area (Å²) < 4.78 is 37.9. The molecule has 124 valence electrons. The van der Waals surface area contributed by atoms with Crippen LogP contribution in [-0.2, 0) is 6.18 Å². The van der Waals surface area contributed by atoms with E-state index >= 15 is 0 Å². The molecule has 0 fully saturated rings. The van der Waals surface area contributed by atoms with Crippen LogP contribution in [0.3, 0.4) is 0 Å². The molecule has 0 aliphatic rings. The van der Waals surface area contributed by atoms with E-state index in [-0.39, 0.29) is 5.69 Å². The summed E-state index contributed by atoms with van der Waals surface area (Å²) in [5.74, 6) is -0.543. The molecular formula is C17H19F3N2O. The number of rotatable bonds is 2. The van der Waals surface area contributed by atoms with Gasteiger partial charge in [0.2, 0.25) is 5.78 Å². The van der Waals surface area contributed by atoms with Gasteiger partial charge in [-0.25, -0.2) is 4.98 Å². The molecule has 0 spiro atoms. The van der Waals surface area contributed by atoms with Gasteiger partial charge in [-0.15, -0.1) is 0 Å². The lowest BCUT2D eigenvalue weighted by Gasteiger charge is -2.06. The SMILES string of the molecule is C/C=c1/c(C(=O)c2cccc(C(F)(F)F)n2)c[nH]/c1=C/C.CC. The molecule has 0 saturated carbocycles. The topological polar surface area (TPSA) is 45.8 Å². The summed E-state index contributed by atoms with van der Waals surface area (Å²) in [5, 5.41) is 1.40. The minimum Gasteiger partial charge on any atom is -0.361 e. The van der Waals surface area contributed by atoms with E-state index in [9.17, 15) is 18.0 Å². The van der Waals surface area contributed by atoms with Crippen molar-refractivity contribution in [2.75, 3.05) is 0 Å². The number of aromatic nitrogens is 2. The van der Waals surface area contributed by atoms with Crippen molar-refractivity contribution in [1.82, 2.24) is 9.97 Å². The number of hydrogen-bond donors (Lipinski definition) is 1. The second-order valence-electron chi connectivity index (χ2n) is 4.34. The summed E-state index contributed by atoms with van der Waals surface area (Å²) >= 11 is 0. The third-order valence-electron chi connectivity index (χ3n) is 3.05. The lowest BCUT2D eigenvalue weighted by molar-refractivity contribution is -0.141. The average Bonchev–Trinajstić information content (AvgIpc) is 2.98. The maximum Gasteiger partial charge on any atom is 0.433 e. The molecule has 0 bridgehead atoms. The van der Waals surface area contributed by atoms with Crippen LogP contribution in [0.1, 0.15) is 49.4 Å². The third-order valence-corrected chi connectivity index (χ3v) is 3.05. The van der Waals surface area contributed by atoms with Crippen molar-refractivity contribution < 1.29 is 18.0 Å². The Balaban J connectivity index is 0.00000127. The van der Waals surface area contributed by atoms with Gasteiger partial charge in [-0.2, -0.15) is 13.2 Å². The maximum absolute atomic E-state index is 12.6. The van der Waals surface area contributed by atoms with Gasteiger partial charge >= 0.3 is 6.18 Å². The van der Waals surface area contributed by atoms with E-state index in [0.29, 0.717) is 10.8 Å². The number of pyridine rings is 1. The van der Waals surface area contributed by atoms with E-state index in [2.05, 4.69) is 9.97 Å². The molecule has 2 aromatic rings. The lowest BCUT2D eigenvalue weighted by atomic mass is 10.1. The predicted octanol–water partition coefficient (Wildman–Crippen LogP) is 3.29. The molecule has 6 heteroatoms. The van der Waals surface area contributed by atoms with Gasteiger partial charge in [0.15, 0.2) is 0 Å². The Bertz CT molecular complexity index is 789. The largest absolute Gasteiger partial charge is 0.433 e. The van der Waals surface area contributed by atoms with Crippen LogP contribution in [0.25, 0.3) is 12.2 Å². The first-order valence-corrected chi connectivity index (χ1v) is 7.27. The molecule has 0 amide bonds. The van der Waals surface area contributed by atoms with E-state index in [1.165, 1.54) is 18.3 Å². The first kappa shape index (κ1) is 18.7. The zero-order valence-corrected chi connectivity index (χ0v) is 13.5. The summed E-state index contributed by atoms with van der Waals surface area (Å²) in [5.41, 5.74) is -1.000. The fourth-order valence-corrected chi connectivity index (χ4v) is 2.05. The van der Waals surface area contributed by atoms with Crippen LogP contribution < -0.4 is 10.6 Å². The number of hydrogen-bond acceptors (Lipinski definition) is 2. The van der Waals surface area contributed by atoms with Crippen LogP contribution in [0.4, 0.5) is 13.2 Å². The van der Waals surface area contributed by atoms with Crippen molar-refractivity contribution in [2.24, 2.45) is 0 Å². The average molecular weight is 324 g/mol. The second kappa shape index (κ2) is 7.76. The third kappa shape index (κ3) is 4.09. The minimum atomic E-state index is -4.57. The van der Waals surface area contributed by atoms with Gasteiger partial charge in [-0.3, -0.25) is 4.79 Å². The molecular weight excluding hydrogens is 305 g/mol. The Morgan fingerprint density at radius 2 is 1.83 bits per heavy atom. The van der Waals surface area contributed by atoms with Gasteiger partial charge in [0.05, 0.1) is 0 Å². The molecule has 2 aromatic heterocycles. The molecule has 0 aliphatic heterocycles. The summed E-state index contributed by atoms with van der Waals surface area (Å²) in [7, 11) is 0. The Labute approximate surface area is 132 Å². The van der Waals surface area contributed by atoms with Gasteiger partial charge < -0.3 is 4.98 Å². The summed E-state index contributed by atoms with van der Waals surface area (Å²) in [4.78, 5) is 18.7. The van der Waals surface area contributed by atoms with Gasteiger partial charge in [0.25, 0.3) is 0 Å². The Hall–Kier alpha value is -2.37. The number of nitrogens with zero attached hydrogens (tertiary/aromatic N) is 1. The number of carbonyl (C=O) groups excluding carboxylic acids is 1. The van der Waals surface area contributed by atoms with Crippen LogP contribution in [0.15, 0.2) is 24.4 Å². The molecule has 0 saturated heterocycles. The highest BCUT2D eigenvalue weighted by Gasteiger charge is 2.33. The maximum atomic E-state index is 12.6. The second-order valence-corrected chi connectivity index (χ2v) is 4.34. The number of ketones is 1. The number of alkyl halides is 3. The Morgan fingerprint density at radius 1 is 1.17 bits per heavy atom. The van der Waals surface area contributed by atoms with Gasteiger partial charge in [-0.05, 0) is 26.0 Å². The summed E-state index contributed by atoms with van der Waals surface area (Å²) in [6.07, 6.45) is 0.420. The highest BCUT2D eigenvalue weighted by molar-refractivity contribution is 6.07. The fourth-order valence-electron chi connectivity index (χ4n) is 2.05. The predicted molar refractivity (Wildman–Crippen MR) is 84.3 cm³/mol. The van der Waals surface area contributed by atoms with E-state index in [1.54, 1.807) is 26.0 Å². The summed E-state index contributed by atoms with van der Waals surface area (Å²) in [6, 6.07) is 3.29. The summed E-state index contributed by atoms with van der Waals surface area (Å²) in [6.45, 7) is 7.56. The van der Waals surface area contributed by atoms with Crippen LogP contribution in [0.2, 0.25) is 0 Å². The quantitative estimate of drug-likeness (QED) is 0.862. The Morgan fingerprint density at radius 3 is 2.35 bits per heavy atom. The van der Waals surface area contributed by atoms with Crippen LogP contribution in [0, 0.1) is 0 Å². The van der Waals surface area contributed by atoms with E-state index in [0.717, 1.165) is 11.4 Å². The standard InChI is InChI=1S/C15H13F3N2O.C2H6/c1-3-9-10(8-19-11(9)4-2)14(21)12-6-5-7-13(20-12)15(16,17)18;1-2/h3-8,19H,1-2H3;1-2H3/b9-3-,11-4+;. The van der Waals surface area contributed by atoms with Crippen LogP contribution >= 0.6 is 0 Å². The van der Waals surface area contributed by atoms with Crippen molar-refractivity contribution in [1.29, 1.82) is 0 Å². The number of H-pyrrole nitrogens is 1. The fraction of sp³-hybridized carbons (Fsp3) is 0.294. The smallest absolute Gasteiger partial charge is 0.361 e.